The van der Waals surface area contributed by atoms with Gasteiger partial charge in [-0.05, 0) is 112 Å². The molecule has 0 aliphatic carbocycles. The minimum atomic E-state index is 0.643. The maximum Gasteiger partial charge on any atom is 0.160 e. The topological polar surface area (TPSA) is 49.6 Å². The molecule has 0 atom stereocenters. The summed E-state index contributed by atoms with van der Waals surface area (Å²) in [7, 11) is 0. The van der Waals surface area contributed by atoms with Crippen LogP contribution in [0.5, 0.6) is 0 Å². The van der Waals surface area contributed by atoms with Crippen LogP contribution in [0, 0.1) is 11.3 Å². The van der Waals surface area contributed by atoms with Crippen molar-refractivity contribution in [1.82, 2.24) is 9.97 Å². The highest BCUT2D eigenvalue weighted by Crippen LogP contribution is 2.44. The smallest absolute Gasteiger partial charge is 0.160 e. The zero-order valence-corrected chi connectivity index (χ0v) is 29.1. The Labute approximate surface area is 311 Å². The molecular weight excluding hydrogens is 655 g/mol. The minimum absolute atomic E-state index is 0.643. The summed E-state index contributed by atoms with van der Waals surface area (Å²) in [6.45, 7) is 0. The highest BCUT2D eigenvalue weighted by Gasteiger charge is 2.18. The molecule has 0 saturated carbocycles. The van der Waals surface area contributed by atoms with Gasteiger partial charge in [0.2, 0.25) is 0 Å². The fourth-order valence-electron chi connectivity index (χ4n) is 8.49. The first kappa shape index (κ1) is 30.2. The van der Waals surface area contributed by atoms with E-state index in [0.717, 1.165) is 39.2 Å². The standard InChI is InChI=1S/C51H29N3/c52-30-31-18-20-32(21-19-31)37-13-4-14-38(26-37)45-29-46(54-51(53-45)36-8-2-1-3-9-36)40-27-39-25-24-35-11-6-16-42-41-15-5-10-33-22-23-34-12-7-17-43(49(34)47(33)41)44(28-40)50(39)48(35)42/h1-29H. The van der Waals surface area contributed by atoms with Crippen LogP contribution in [0.15, 0.2) is 176 Å². The van der Waals surface area contributed by atoms with Gasteiger partial charge < -0.3 is 0 Å². The van der Waals surface area contributed by atoms with Gasteiger partial charge in [-0.2, -0.15) is 5.26 Å². The van der Waals surface area contributed by atoms with Crippen LogP contribution >= 0.6 is 0 Å². The Morgan fingerprint density at radius 2 is 0.852 bits per heavy atom. The van der Waals surface area contributed by atoms with Gasteiger partial charge in [0.1, 0.15) is 0 Å². The van der Waals surface area contributed by atoms with Crippen LogP contribution in [-0.2, 0) is 0 Å². The summed E-state index contributed by atoms with van der Waals surface area (Å²) in [5.41, 5.74) is 7.46. The number of rotatable bonds is 4. The van der Waals surface area contributed by atoms with E-state index in [9.17, 15) is 5.26 Å². The lowest BCUT2D eigenvalue weighted by Crippen LogP contribution is -1.96. The lowest BCUT2D eigenvalue weighted by atomic mass is 9.87. The van der Waals surface area contributed by atoms with Gasteiger partial charge in [-0.3, -0.25) is 0 Å². The first-order valence-electron chi connectivity index (χ1n) is 18.2. The normalized spacial score (nSPS) is 11.7. The third kappa shape index (κ3) is 4.68. The molecule has 3 heteroatoms. The van der Waals surface area contributed by atoms with E-state index in [-0.39, 0.29) is 0 Å². The Balaban J connectivity index is 1.22. The number of benzene rings is 9. The second-order valence-electron chi connectivity index (χ2n) is 14.1. The monoisotopic (exact) mass is 683 g/mol. The summed E-state index contributed by atoms with van der Waals surface area (Å²) in [6.07, 6.45) is 0. The summed E-state index contributed by atoms with van der Waals surface area (Å²) in [6, 6.07) is 64.6. The average molecular weight is 684 g/mol. The van der Waals surface area contributed by atoms with Crippen LogP contribution in [0.1, 0.15) is 5.56 Å². The third-order valence-corrected chi connectivity index (χ3v) is 11.0. The van der Waals surface area contributed by atoms with E-state index in [4.69, 9.17) is 9.97 Å². The molecule has 0 aliphatic rings. The number of nitriles is 1. The fraction of sp³-hybridized carbons (Fsp3) is 0. The molecule has 0 amide bonds. The van der Waals surface area contributed by atoms with Crippen molar-refractivity contribution in [2.75, 3.05) is 0 Å². The van der Waals surface area contributed by atoms with Crippen molar-refractivity contribution in [3.05, 3.63) is 181 Å². The van der Waals surface area contributed by atoms with Gasteiger partial charge >= 0.3 is 0 Å². The van der Waals surface area contributed by atoms with Crippen LogP contribution in [0.2, 0.25) is 0 Å². The molecule has 10 aromatic carbocycles. The van der Waals surface area contributed by atoms with Gasteiger partial charge in [-0.25, -0.2) is 9.97 Å². The molecule has 11 rings (SSSR count). The third-order valence-electron chi connectivity index (χ3n) is 11.0. The Morgan fingerprint density at radius 1 is 0.333 bits per heavy atom. The van der Waals surface area contributed by atoms with Gasteiger partial charge in [-0.1, -0.05) is 140 Å². The van der Waals surface area contributed by atoms with Crippen molar-refractivity contribution in [3.8, 4) is 51.1 Å². The van der Waals surface area contributed by atoms with Crippen LogP contribution in [-0.4, -0.2) is 9.97 Å². The lowest BCUT2D eigenvalue weighted by Gasteiger charge is -2.17. The molecule has 0 unspecified atom stereocenters. The minimum Gasteiger partial charge on any atom is -0.228 e. The van der Waals surface area contributed by atoms with Gasteiger partial charge in [0.05, 0.1) is 23.0 Å². The Kier molecular flexibility index (Phi) is 6.62. The number of nitrogens with zero attached hydrogens (tertiary/aromatic N) is 3. The molecule has 0 N–H and O–H groups in total. The average Bonchev–Trinajstić information content (AvgIpc) is 3.25. The second-order valence-corrected chi connectivity index (χ2v) is 14.1. The first-order valence-corrected chi connectivity index (χ1v) is 18.2. The van der Waals surface area contributed by atoms with Crippen molar-refractivity contribution >= 4 is 64.6 Å². The molecule has 0 bridgehead atoms. The van der Waals surface area contributed by atoms with E-state index in [1.807, 2.05) is 42.5 Å². The molecule has 11 aromatic rings. The molecule has 1 aromatic heterocycles. The summed E-state index contributed by atoms with van der Waals surface area (Å²) in [5.74, 6) is 0.677. The van der Waals surface area contributed by atoms with E-state index in [1.54, 1.807) is 0 Å². The SMILES string of the molecule is N#Cc1ccc(-c2cccc(-c3cc(-c4cc5ccc6cccc7c8cccc9ccc%10cccc(c(c4)c5c67)c%10c98)nc(-c4ccccc4)n3)c2)cc1. The van der Waals surface area contributed by atoms with Crippen molar-refractivity contribution in [2.45, 2.75) is 0 Å². The number of hydrogen-bond acceptors (Lipinski definition) is 3. The van der Waals surface area contributed by atoms with Gasteiger partial charge in [0.25, 0.3) is 0 Å². The van der Waals surface area contributed by atoms with Crippen molar-refractivity contribution < 1.29 is 0 Å². The van der Waals surface area contributed by atoms with E-state index in [2.05, 4.69) is 140 Å². The maximum absolute atomic E-state index is 9.35. The quantitative estimate of drug-likeness (QED) is 0.174. The Hall–Kier alpha value is -7.41. The predicted octanol–water partition coefficient (Wildman–Crippen LogP) is 13.4. The molecule has 0 spiro atoms. The molecule has 54 heavy (non-hydrogen) atoms. The molecule has 0 saturated heterocycles. The van der Waals surface area contributed by atoms with Crippen molar-refractivity contribution in [1.29, 1.82) is 5.26 Å². The molecule has 0 aliphatic heterocycles. The lowest BCUT2D eigenvalue weighted by molar-refractivity contribution is 1.18. The Morgan fingerprint density at radius 3 is 1.48 bits per heavy atom. The van der Waals surface area contributed by atoms with Gasteiger partial charge in [0, 0.05) is 16.7 Å². The van der Waals surface area contributed by atoms with Crippen LogP contribution in [0.25, 0.3) is 110 Å². The number of aromatic nitrogens is 2. The molecular formula is C51H29N3. The van der Waals surface area contributed by atoms with E-state index < -0.39 is 0 Å². The van der Waals surface area contributed by atoms with Crippen LogP contribution < -0.4 is 0 Å². The second kappa shape index (κ2) is 11.8. The Bertz CT molecular complexity index is 3310. The molecule has 248 valence electrons. The molecule has 3 nitrogen and oxygen atoms in total. The summed E-state index contributed by atoms with van der Waals surface area (Å²) >= 11 is 0. The fourth-order valence-corrected chi connectivity index (χ4v) is 8.49. The van der Waals surface area contributed by atoms with Crippen LogP contribution in [0.3, 0.4) is 0 Å². The highest BCUT2D eigenvalue weighted by atomic mass is 14.9. The first-order chi connectivity index (χ1) is 26.7. The summed E-state index contributed by atoms with van der Waals surface area (Å²) in [5, 5.41) is 24.3. The predicted molar refractivity (Wildman–Crippen MR) is 225 cm³/mol. The van der Waals surface area contributed by atoms with Crippen molar-refractivity contribution in [2.24, 2.45) is 0 Å². The zero-order chi connectivity index (χ0) is 35.8. The summed E-state index contributed by atoms with van der Waals surface area (Å²) in [4.78, 5) is 10.5. The molecule has 1 heterocycles. The van der Waals surface area contributed by atoms with Crippen molar-refractivity contribution in [3.63, 3.8) is 0 Å². The summed E-state index contributed by atoms with van der Waals surface area (Å²) < 4.78 is 0. The molecule has 0 fully saturated rings. The number of fused-ring (bicyclic) bond motifs is 2. The van der Waals surface area contributed by atoms with E-state index >= 15 is 0 Å². The van der Waals surface area contributed by atoms with E-state index in [0.29, 0.717) is 11.4 Å². The number of hydrogen-bond donors (Lipinski definition) is 0. The van der Waals surface area contributed by atoms with Gasteiger partial charge in [0.15, 0.2) is 5.82 Å². The molecule has 0 radical (unpaired) electrons. The largest absolute Gasteiger partial charge is 0.228 e. The van der Waals surface area contributed by atoms with Crippen LogP contribution in [0.4, 0.5) is 0 Å². The highest BCUT2D eigenvalue weighted by molar-refractivity contribution is 6.37. The van der Waals surface area contributed by atoms with Gasteiger partial charge in [-0.15, -0.1) is 0 Å². The maximum atomic E-state index is 9.35. The van der Waals surface area contributed by atoms with E-state index in [1.165, 1.54) is 64.6 Å². The zero-order valence-electron chi connectivity index (χ0n) is 29.1.